The van der Waals surface area contributed by atoms with Gasteiger partial charge in [0, 0.05) is 50.0 Å². The van der Waals surface area contributed by atoms with Crippen LogP contribution in [0.2, 0.25) is 0 Å². The normalized spacial score (nSPS) is 13.2. The molecule has 2 aromatic carbocycles. The average molecular weight is 522 g/mol. The molecule has 10 nitrogen and oxygen atoms in total. The van der Waals surface area contributed by atoms with Crippen molar-refractivity contribution in [2.45, 2.75) is 19.8 Å². The smallest absolute Gasteiger partial charge is 0.293 e. The third kappa shape index (κ3) is 6.31. The van der Waals surface area contributed by atoms with E-state index in [0.717, 1.165) is 25.2 Å². The van der Waals surface area contributed by atoms with Gasteiger partial charge in [-0.2, -0.15) is 0 Å². The molecule has 0 bridgehead atoms. The fourth-order valence-corrected chi connectivity index (χ4v) is 4.33. The zero-order valence-corrected chi connectivity index (χ0v) is 21.1. The van der Waals surface area contributed by atoms with E-state index in [1.165, 1.54) is 18.2 Å². The number of nitro benzene ring substituents is 1. The number of carbonyl (C=O) groups is 2. The predicted octanol–water partition coefficient (Wildman–Crippen LogP) is 4.43. The first kappa shape index (κ1) is 25.8. The van der Waals surface area contributed by atoms with Crippen LogP contribution in [0.1, 0.15) is 30.3 Å². The molecule has 4 rings (SSSR count). The molecule has 2 heterocycles. The lowest BCUT2D eigenvalue weighted by molar-refractivity contribution is -0.384. The maximum absolute atomic E-state index is 12.6. The standard InChI is InChI=1S/C26H27N5O5S/c1-2-5-24(32)30-16-14-29(15-17-30)19-10-8-18(9-11-19)27-26(37)28-25(33)23-13-12-22(36-23)20-6-3-4-7-21(20)31(34)35/h3-4,6-13H,2,5,14-17H2,1H3,(H2,27,28,33,37). The van der Waals surface area contributed by atoms with Crippen LogP contribution in [0.3, 0.4) is 0 Å². The molecule has 1 aliphatic heterocycles. The van der Waals surface area contributed by atoms with E-state index in [2.05, 4.69) is 15.5 Å². The van der Waals surface area contributed by atoms with Gasteiger partial charge in [-0.25, -0.2) is 0 Å². The number of amides is 2. The maximum atomic E-state index is 12.6. The second kappa shape index (κ2) is 11.7. The number of rotatable bonds is 7. The van der Waals surface area contributed by atoms with Crippen LogP contribution in [0.4, 0.5) is 17.1 Å². The highest BCUT2D eigenvalue weighted by Crippen LogP contribution is 2.30. The minimum Gasteiger partial charge on any atom is -0.451 e. The molecule has 2 N–H and O–H groups in total. The van der Waals surface area contributed by atoms with Gasteiger partial charge in [-0.05, 0) is 61.1 Å². The van der Waals surface area contributed by atoms with Crippen molar-refractivity contribution in [3.8, 4) is 11.3 Å². The molecule has 0 unspecified atom stereocenters. The number of piperazine rings is 1. The molecule has 37 heavy (non-hydrogen) atoms. The van der Waals surface area contributed by atoms with Crippen LogP contribution in [0.15, 0.2) is 65.1 Å². The van der Waals surface area contributed by atoms with Crippen molar-refractivity contribution >= 4 is 46.2 Å². The fourth-order valence-electron chi connectivity index (χ4n) is 4.11. The third-order valence-corrected chi connectivity index (χ3v) is 6.21. The Balaban J connectivity index is 1.31. The molecule has 0 aliphatic carbocycles. The minimum absolute atomic E-state index is 0.0239. The van der Waals surface area contributed by atoms with Gasteiger partial charge in [0.1, 0.15) is 5.76 Å². The number of para-hydroxylation sites is 1. The summed E-state index contributed by atoms with van der Waals surface area (Å²) in [6.45, 7) is 4.97. The van der Waals surface area contributed by atoms with E-state index in [1.54, 1.807) is 18.2 Å². The molecule has 0 radical (unpaired) electrons. The Bertz CT molecular complexity index is 1300. The molecule has 2 amide bonds. The Hall–Kier alpha value is -4.25. The van der Waals surface area contributed by atoms with E-state index in [4.69, 9.17) is 16.6 Å². The lowest BCUT2D eigenvalue weighted by atomic mass is 10.1. The summed E-state index contributed by atoms with van der Waals surface area (Å²) < 4.78 is 5.56. The first-order valence-corrected chi connectivity index (χ1v) is 12.3. The SMILES string of the molecule is CCCC(=O)N1CCN(c2ccc(NC(=S)NC(=O)c3ccc(-c4ccccc4[N+](=O)[O-])o3)cc2)CC1. The first-order valence-electron chi connectivity index (χ1n) is 11.9. The van der Waals surface area contributed by atoms with E-state index in [9.17, 15) is 19.7 Å². The zero-order valence-electron chi connectivity index (χ0n) is 20.3. The molecule has 1 fully saturated rings. The molecule has 11 heteroatoms. The lowest BCUT2D eigenvalue weighted by Gasteiger charge is -2.36. The molecule has 1 saturated heterocycles. The Morgan fingerprint density at radius 2 is 1.73 bits per heavy atom. The molecule has 0 atom stereocenters. The summed E-state index contributed by atoms with van der Waals surface area (Å²) in [7, 11) is 0. The average Bonchev–Trinajstić information content (AvgIpc) is 3.40. The molecule has 3 aromatic rings. The van der Waals surface area contributed by atoms with E-state index in [0.29, 0.717) is 25.2 Å². The van der Waals surface area contributed by atoms with Crippen molar-refractivity contribution < 1.29 is 18.9 Å². The minimum atomic E-state index is -0.575. The number of benzene rings is 2. The summed E-state index contributed by atoms with van der Waals surface area (Å²) >= 11 is 5.26. The van der Waals surface area contributed by atoms with Gasteiger partial charge in [-0.1, -0.05) is 19.1 Å². The summed E-state index contributed by atoms with van der Waals surface area (Å²) in [5.74, 6) is -0.175. The van der Waals surface area contributed by atoms with Crippen LogP contribution < -0.4 is 15.5 Å². The third-order valence-electron chi connectivity index (χ3n) is 6.01. The van der Waals surface area contributed by atoms with Crippen molar-refractivity contribution in [1.82, 2.24) is 10.2 Å². The maximum Gasteiger partial charge on any atom is 0.293 e. The zero-order chi connectivity index (χ0) is 26.4. The molecule has 0 saturated carbocycles. The van der Waals surface area contributed by atoms with Gasteiger partial charge >= 0.3 is 0 Å². The van der Waals surface area contributed by atoms with Gasteiger partial charge in [-0.15, -0.1) is 0 Å². The monoisotopic (exact) mass is 521 g/mol. The van der Waals surface area contributed by atoms with E-state index >= 15 is 0 Å². The summed E-state index contributed by atoms with van der Waals surface area (Å²) in [5, 5.41) is 16.9. The molecule has 0 spiro atoms. The Morgan fingerprint density at radius 1 is 1.03 bits per heavy atom. The van der Waals surface area contributed by atoms with Crippen molar-refractivity contribution in [3.05, 3.63) is 76.5 Å². The highest BCUT2D eigenvalue weighted by atomic mass is 32.1. The molecular weight excluding hydrogens is 494 g/mol. The van der Waals surface area contributed by atoms with Crippen LogP contribution in [-0.4, -0.2) is 52.9 Å². The number of hydrogen-bond acceptors (Lipinski definition) is 7. The van der Waals surface area contributed by atoms with Gasteiger partial charge in [0.15, 0.2) is 10.9 Å². The Labute approximate surface area is 219 Å². The van der Waals surface area contributed by atoms with Gasteiger partial charge in [-0.3, -0.25) is 25.0 Å². The first-order chi connectivity index (χ1) is 17.9. The lowest BCUT2D eigenvalue weighted by Crippen LogP contribution is -2.48. The highest BCUT2D eigenvalue weighted by molar-refractivity contribution is 7.80. The van der Waals surface area contributed by atoms with E-state index in [1.807, 2.05) is 36.1 Å². The van der Waals surface area contributed by atoms with Crippen LogP contribution >= 0.6 is 12.2 Å². The molecule has 1 aromatic heterocycles. The van der Waals surface area contributed by atoms with Gasteiger partial charge < -0.3 is 19.5 Å². The second-order valence-corrected chi connectivity index (χ2v) is 8.92. The van der Waals surface area contributed by atoms with Gasteiger partial charge in [0.2, 0.25) is 5.91 Å². The Morgan fingerprint density at radius 3 is 2.41 bits per heavy atom. The highest BCUT2D eigenvalue weighted by Gasteiger charge is 2.21. The van der Waals surface area contributed by atoms with Crippen molar-refractivity contribution in [3.63, 3.8) is 0 Å². The number of nitrogens with zero attached hydrogens (tertiary/aromatic N) is 3. The number of nitro groups is 1. The van der Waals surface area contributed by atoms with Gasteiger partial charge in [0.05, 0.1) is 10.5 Å². The number of anilines is 2. The van der Waals surface area contributed by atoms with Crippen molar-refractivity contribution in [2.75, 3.05) is 36.4 Å². The Kier molecular flexibility index (Phi) is 8.14. The van der Waals surface area contributed by atoms with E-state index < -0.39 is 10.8 Å². The van der Waals surface area contributed by atoms with E-state index in [-0.39, 0.29) is 33.8 Å². The van der Waals surface area contributed by atoms with Gasteiger partial charge in [0.25, 0.3) is 11.6 Å². The molecular formula is C26H27N5O5S. The summed E-state index contributed by atoms with van der Waals surface area (Å²) in [6, 6.07) is 16.7. The van der Waals surface area contributed by atoms with Crippen LogP contribution in [0.25, 0.3) is 11.3 Å². The number of carbonyl (C=O) groups excluding carboxylic acids is 2. The molecule has 192 valence electrons. The summed E-state index contributed by atoms with van der Waals surface area (Å²) in [6.07, 6.45) is 1.45. The largest absolute Gasteiger partial charge is 0.451 e. The van der Waals surface area contributed by atoms with Crippen molar-refractivity contribution in [2.24, 2.45) is 0 Å². The fraction of sp³-hybridized carbons (Fsp3) is 0.269. The number of thiocarbonyl (C=S) groups is 1. The van der Waals surface area contributed by atoms with Crippen LogP contribution in [-0.2, 0) is 4.79 Å². The van der Waals surface area contributed by atoms with Crippen molar-refractivity contribution in [1.29, 1.82) is 0 Å². The summed E-state index contributed by atoms with van der Waals surface area (Å²) in [4.78, 5) is 39.6. The number of hydrogen-bond donors (Lipinski definition) is 2. The quantitative estimate of drug-likeness (QED) is 0.266. The topological polar surface area (TPSA) is 121 Å². The number of nitrogens with one attached hydrogen (secondary N) is 2. The van der Waals surface area contributed by atoms with Crippen LogP contribution in [0.5, 0.6) is 0 Å². The second-order valence-electron chi connectivity index (χ2n) is 8.51. The van der Waals surface area contributed by atoms with Crippen LogP contribution in [0, 0.1) is 10.1 Å². The number of furan rings is 1. The molecule has 1 aliphatic rings. The summed E-state index contributed by atoms with van der Waals surface area (Å²) in [5.41, 5.74) is 1.91. The predicted molar refractivity (Wildman–Crippen MR) is 145 cm³/mol.